The van der Waals surface area contributed by atoms with Gasteiger partial charge in [0.2, 0.25) is 16.9 Å². The van der Waals surface area contributed by atoms with E-state index in [4.69, 9.17) is 9.47 Å². The second kappa shape index (κ2) is 10.2. The van der Waals surface area contributed by atoms with Crippen LogP contribution in [-0.2, 0) is 4.79 Å². The molecular formula is C24H22N4O4S. The van der Waals surface area contributed by atoms with E-state index in [0.717, 1.165) is 11.1 Å². The van der Waals surface area contributed by atoms with Crippen molar-refractivity contribution in [1.29, 1.82) is 0 Å². The summed E-state index contributed by atoms with van der Waals surface area (Å²) in [6, 6.07) is 16.8. The van der Waals surface area contributed by atoms with Gasteiger partial charge in [-0.2, -0.15) is 4.98 Å². The highest BCUT2D eigenvalue weighted by Crippen LogP contribution is 2.22. The molecule has 2 heterocycles. The zero-order chi connectivity index (χ0) is 23.2. The highest BCUT2D eigenvalue weighted by molar-refractivity contribution is 8.27. The summed E-state index contributed by atoms with van der Waals surface area (Å²) >= 11 is 0.660. The lowest BCUT2D eigenvalue weighted by molar-refractivity contribution is -0.107. The number of carbonyl (C=O) groups is 2. The van der Waals surface area contributed by atoms with Crippen LogP contribution in [0.2, 0.25) is 0 Å². The molecule has 3 aromatic rings. The summed E-state index contributed by atoms with van der Waals surface area (Å²) in [6.07, 6.45) is 3.30. The monoisotopic (exact) mass is 462 g/mol. The van der Waals surface area contributed by atoms with Crippen molar-refractivity contribution in [3.05, 3.63) is 77.6 Å². The molecule has 0 aliphatic carbocycles. The molecule has 0 radical (unpaired) electrons. The number of benzene rings is 2. The molecule has 1 aliphatic rings. The fourth-order valence-corrected chi connectivity index (χ4v) is 3.50. The predicted molar refractivity (Wildman–Crippen MR) is 128 cm³/mol. The highest BCUT2D eigenvalue weighted by Gasteiger charge is 2.25. The van der Waals surface area contributed by atoms with Gasteiger partial charge in [0.05, 0.1) is 12.2 Å². The zero-order valence-electron chi connectivity index (χ0n) is 18.1. The van der Waals surface area contributed by atoms with Gasteiger partial charge in [-0.25, -0.2) is 4.98 Å². The van der Waals surface area contributed by atoms with Gasteiger partial charge >= 0.3 is 0 Å². The van der Waals surface area contributed by atoms with E-state index in [0.29, 0.717) is 48.2 Å². The Hall–Kier alpha value is -3.85. The number of nitrogens with one attached hydrogen (secondary N) is 1. The van der Waals surface area contributed by atoms with Gasteiger partial charge in [-0.3, -0.25) is 9.59 Å². The lowest BCUT2D eigenvalue weighted by atomic mass is 10.2. The molecule has 1 aliphatic heterocycles. The molecule has 9 heteroatoms. The largest absolute Gasteiger partial charge is 0.492 e. The van der Waals surface area contributed by atoms with Crippen molar-refractivity contribution in [1.82, 2.24) is 15.3 Å². The first-order valence-corrected chi connectivity index (χ1v) is 11.0. The Balaban J connectivity index is 1.29. The van der Waals surface area contributed by atoms with E-state index in [1.807, 2.05) is 67.4 Å². The Kier molecular flexibility index (Phi) is 6.89. The zero-order valence-corrected chi connectivity index (χ0v) is 19.0. The molecule has 0 bridgehead atoms. The number of aryl methyl sites for hydroxylation is 1. The number of ether oxygens (including phenoxy) is 2. The summed E-state index contributed by atoms with van der Waals surface area (Å²) in [7, 11) is 1.88. The number of likely N-dealkylation sites (N-methyl/N-ethyl adjacent to an activating group) is 1. The number of thioether (sulfide) groups is 1. The molecule has 1 fully saturated rings. The van der Waals surface area contributed by atoms with Gasteiger partial charge in [0, 0.05) is 31.1 Å². The lowest BCUT2D eigenvalue weighted by Crippen LogP contribution is -2.25. The first-order valence-electron chi connectivity index (χ1n) is 10.2. The van der Waals surface area contributed by atoms with Gasteiger partial charge < -0.3 is 19.7 Å². The molecule has 1 saturated heterocycles. The third kappa shape index (κ3) is 6.11. The number of anilines is 1. The van der Waals surface area contributed by atoms with E-state index >= 15 is 0 Å². The number of nitrogens with zero attached hydrogens (tertiary/aromatic N) is 3. The topological polar surface area (TPSA) is 93.7 Å². The third-order valence-corrected chi connectivity index (χ3v) is 5.42. The summed E-state index contributed by atoms with van der Waals surface area (Å²) in [5, 5.41) is 1.89. The first-order chi connectivity index (χ1) is 16.0. The Morgan fingerprint density at radius 1 is 1.03 bits per heavy atom. The molecule has 8 nitrogen and oxygen atoms in total. The van der Waals surface area contributed by atoms with Crippen molar-refractivity contribution >= 4 is 34.1 Å². The number of carbonyl (C=O) groups excluding carboxylic acids is 2. The molecule has 33 heavy (non-hydrogen) atoms. The quantitative estimate of drug-likeness (QED) is 0.492. The summed E-state index contributed by atoms with van der Waals surface area (Å²) < 4.78 is 11.6. The predicted octanol–water partition coefficient (Wildman–Crippen LogP) is 4.42. The minimum Gasteiger partial charge on any atom is -0.492 e. The van der Waals surface area contributed by atoms with E-state index in [9.17, 15) is 9.59 Å². The maximum absolute atomic E-state index is 11.7. The summed E-state index contributed by atoms with van der Waals surface area (Å²) in [6.45, 7) is 3.01. The standard InChI is InChI=1S/C24H22N4O4S/c1-16-3-7-19(8-4-16)32-21-11-12-25-23(27-21)28(2)13-14-31-18-9-5-17(6-10-18)15-20-22(29)33-24(30)26-20/h3-12,15H,13-14H2,1-2H3,(H,26,30). The van der Waals surface area contributed by atoms with Crippen LogP contribution in [0.25, 0.3) is 6.08 Å². The normalized spacial score (nSPS) is 14.3. The molecule has 168 valence electrons. The van der Waals surface area contributed by atoms with E-state index in [1.165, 1.54) is 0 Å². The minimum atomic E-state index is -0.355. The van der Waals surface area contributed by atoms with E-state index in [1.54, 1.807) is 18.3 Å². The second-order valence-corrected chi connectivity index (χ2v) is 8.25. The molecule has 0 saturated carbocycles. The maximum Gasteiger partial charge on any atom is 0.291 e. The van der Waals surface area contributed by atoms with Crippen LogP contribution in [0, 0.1) is 6.92 Å². The minimum absolute atomic E-state index is 0.279. The summed E-state index contributed by atoms with van der Waals surface area (Å²) in [5.41, 5.74) is 2.24. The second-order valence-electron chi connectivity index (χ2n) is 7.31. The molecule has 0 unspecified atom stereocenters. The molecule has 2 aromatic carbocycles. The van der Waals surface area contributed by atoms with Gasteiger partial charge in [0.25, 0.3) is 5.24 Å². The van der Waals surface area contributed by atoms with Crippen molar-refractivity contribution in [2.75, 3.05) is 25.1 Å². The van der Waals surface area contributed by atoms with E-state index in [2.05, 4.69) is 15.3 Å². The number of amides is 1. The lowest BCUT2D eigenvalue weighted by Gasteiger charge is -2.17. The fourth-order valence-electron chi connectivity index (χ4n) is 2.95. The van der Waals surface area contributed by atoms with E-state index in [-0.39, 0.29) is 16.1 Å². The SMILES string of the molecule is Cc1ccc(Oc2ccnc(N(C)CCOc3ccc(C=C4NC(=O)SC4=O)cc3)n2)cc1. The number of aromatic nitrogens is 2. The molecule has 1 N–H and O–H groups in total. The Morgan fingerprint density at radius 3 is 2.45 bits per heavy atom. The first kappa shape index (κ1) is 22.3. The van der Waals surface area contributed by atoms with E-state index < -0.39 is 0 Å². The van der Waals surface area contributed by atoms with Crippen molar-refractivity contribution in [2.45, 2.75) is 6.92 Å². The van der Waals surface area contributed by atoms with Gasteiger partial charge in [-0.1, -0.05) is 29.8 Å². The van der Waals surface area contributed by atoms with Crippen LogP contribution in [0.5, 0.6) is 17.4 Å². The molecule has 1 amide bonds. The van der Waals surface area contributed by atoms with Crippen LogP contribution in [0.1, 0.15) is 11.1 Å². The average molecular weight is 463 g/mol. The number of hydrogen-bond donors (Lipinski definition) is 1. The summed E-state index contributed by atoms with van der Waals surface area (Å²) in [5.74, 6) is 2.41. The molecular weight excluding hydrogens is 440 g/mol. The van der Waals surface area contributed by atoms with Crippen molar-refractivity contribution in [3.8, 4) is 17.4 Å². The number of rotatable bonds is 8. The molecule has 0 atom stereocenters. The fraction of sp³-hybridized carbons (Fsp3) is 0.167. The van der Waals surface area contributed by atoms with Gasteiger partial charge in [0.1, 0.15) is 18.1 Å². The van der Waals surface area contributed by atoms with Crippen LogP contribution in [0.15, 0.2) is 66.5 Å². The summed E-state index contributed by atoms with van der Waals surface area (Å²) in [4.78, 5) is 33.6. The Morgan fingerprint density at radius 2 is 1.76 bits per heavy atom. The molecule has 4 rings (SSSR count). The maximum atomic E-state index is 11.7. The average Bonchev–Trinajstić information content (AvgIpc) is 3.13. The van der Waals surface area contributed by atoms with Crippen LogP contribution in [0.3, 0.4) is 0 Å². The van der Waals surface area contributed by atoms with Gasteiger partial charge in [-0.05, 0) is 42.8 Å². The van der Waals surface area contributed by atoms with Gasteiger partial charge in [0.15, 0.2) is 0 Å². The number of hydrogen-bond acceptors (Lipinski definition) is 8. The van der Waals surface area contributed by atoms with Crippen LogP contribution >= 0.6 is 11.8 Å². The third-order valence-electron chi connectivity index (χ3n) is 4.73. The molecule has 1 aromatic heterocycles. The van der Waals surface area contributed by atoms with Crippen LogP contribution < -0.4 is 19.7 Å². The van der Waals surface area contributed by atoms with Crippen LogP contribution in [0.4, 0.5) is 10.7 Å². The highest BCUT2D eigenvalue weighted by atomic mass is 32.2. The van der Waals surface area contributed by atoms with Crippen molar-refractivity contribution in [3.63, 3.8) is 0 Å². The molecule has 0 spiro atoms. The van der Waals surface area contributed by atoms with Crippen molar-refractivity contribution < 1.29 is 19.1 Å². The van der Waals surface area contributed by atoms with Crippen LogP contribution in [-0.4, -0.2) is 40.5 Å². The smallest absolute Gasteiger partial charge is 0.291 e. The Labute approximate surface area is 195 Å². The van der Waals surface area contributed by atoms with Gasteiger partial charge in [-0.15, -0.1) is 0 Å². The Bertz CT molecular complexity index is 1180. The van der Waals surface area contributed by atoms with Crippen molar-refractivity contribution in [2.24, 2.45) is 0 Å².